The number of hydrogen-bond acceptors (Lipinski definition) is 2. The number of likely N-dealkylation sites (tertiary alicyclic amines) is 1. The van der Waals surface area contributed by atoms with E-state index in [1.54, 1.807) is 0 Å². The molecule has 1 atom stereocenters. The Hall–Kier alpha value is -0.0800. The molecular formula is C11H24N2. The third-order valence-electron chi connectivity index (χ3n) is 3.05. The van der Waals surface area contributed by atoms with E-state index in [1.165, 1.54) is 51.6 Å². The average molecular weight is 184 g/mol. The van der Waals surface area contributed by atoms with Gasteiger partial charge in [-0.1, -0.05) is 19.8 Å². The Labute approximate surface area is 82.5 Å². The van der Waals surface area contributed by atoms with Crippen LogP contribution >= 0.6 is 0 Å². The molecule has 1 heterocycles. The number of unbranched alkanes of at least 4 members (excludes halogenated alkanes) is 2. The first-order valence-electron chi connectivity index (χ1n) is 5.82. The van der Waals surface area contributed by atoms with Gasteiger partial charge in [-0.05, 0) is 45.3 Å². The van der Waals surface area contributed by atoms with Gasteiger partial charge in [0.05, 0.1) is 0 Å². The molecule has 1 saturated heterocycles. The highest BCUT2D eigenvalue weighted by Gasteiger charge is 2.22. The van der Waals surface area contributed by atoms with Gasteiger partial charge < -0.3 is 10.6 Å². The zero-order valence-electron chi connectivity index (χ0n) is 8.97. The van der Waals surface area contributed by atoms with E-state index in [4.69, 9.17) is 5.73 Å². The van der Waals surface area contributed by atoms with E-state index in [0.29, 0.717) is 0 Å². The molecule has 1 unspecified atom stereocenters. The van der Waals surface area contributed by atoms with Gasteiger partial charge in [-0.2, -0.15) is 0 Å². The van der Waals surface area contributed by atoms with E-state index >= 15 is 0 Å². The molecule has 0 aromatic heterocycles. The van der Waals surface area contributed by atoms with E-state index in [0.717, 1.165) is 12.6 Å². The Morgan fingerprint density at radius 3 is 2.92 bits per heavy atom. The summed E-state index contributed by atoms with van der Waals surface area (Å²) in [6, 6.07) is 0.807. The molecule has 0 aliphatic carbocycles. The fourth-order valence-electron chi connectivity index (χ4n) is 2.27. The van der Waals surface area contributed by atoms with Crippen molar-refractivity contribution >= 4 is 0 Å². The van der Waals surface area contributed by atoms with E-state index in [-0.39, 0.29) is 0 Å². The molecule has 78 valence electrons. The first-order valence-corrected chi connectivity index (χ1v) is 5.82. The second-order valence-electron chi connectivity index (χ2n) is 4.12. The van der Waals surface area contributed by atoms with E-state index in [2.05, 4.69) is 11.8 Å². The average Bonchev–Trinajstić information content (AvgIpc) is 2.54. The Kier molecular flexibility index (Phi) is 5.40. The van der Waals surface area contributed by atoms with Crippen LogP contribution in [0.3, 0.4) is 0 Å². The Bertz CT molecular complexity index is 125. The van der Waals surface area contributed by atoms with Crippen molar-refractivity contribution in [1.29, 1.82) is 0 Å². The van der Waals surface area contributed by atoms with Crippen LogP contribution in [0, 0.1) is 0 Å². The summed E-state index contributed by atoms with van der Waals surface area (Å²) < 4.78 is 0. The standard InChI is InChI=1S/C11H24N2/c1-2-3-4-9-13-10-5-6-11(13)7-8-12/h11H,2-10,12H2,1H3. The number of nitrogens with zero attached hydrogens (tertiary/aromatic N) is 1. The van der Waals surface area contributed by atoms with Crippen LogP contribution in [0.5, 0.6) is 0 Å². The summed E-state index contributed by atoms with van der Waals surface area (Å²) in [6.07, 6.45) is 8.05. The first kappa shape index (κ1) is 11.0. The molecule has 0 spiro atoms. The zero-order chi connectivity index (χ0) is 9.52. The third kappa shape index (κ3) is 3.65. The van der Waals surface area contributed by atoms with Crippen LogP contribution in [0.15, 0.2) is 0 Å². The molecule has 1 fully saturated rings. The minimum absolute atomic E-state index is 0.807. The number of nitrogens with two attached hydrogens (primary N) is 1. The number of hydrogen-bond donors (Lipinski definition) is 1. The van der Waals surface area contributed by atoms with Gasteiger partial charge in [-0.3, -0.25) is 0 Å². The predicted octanol–water partition coefficient (Wildman–Crippen LogP) is 1.99. The molecule has 2 N–H and O–H groups in total. The Morgan fingerprint density at radius 1 is 1.38 bits per heavy atom. The molecule has 0 saturated carbocycles. The lowest BCUT2D eigenvalue weighted by Gasteiger charge is -2.23. The fourth-order valence-corrected chi connectivity index (χ4v) is 2.27. The summed E-state index contributed by atoms with van der Waals surface area (Å²) in [5.74, 6) is 0. The van der Waals surface area contributed by atoms with Crippen LogP contribution in [0.2, 0.25) is 0 Å². The van der Waals surface area contributed by atoms with Gasteiger partial charge >= 0.3 is 0 Å². The molecule has 2 nitrogen and oxygen atoms in total. The lowest BCUT2D eigenvalue weighted by Crippen LogP contribution is -2.32. The molecule has 13 heavy (non-hydrogen) atoms. The van der Waals surface area contributed by atoms with Gasteiger partial charge in [0.1, 0.15) is 0 Å². The summed E-state index contributed by atoms with van der Waals surface area (Å²) in [4.78, 5) is 2.64. The van der Waals surface area contributed by atoms with Gasteiger partial charge in [0.25, 0.3) is 0 Å². The SMILES string of the molecule is CCCCCN1CCCC1CCN. The maximum absolute atomic E-state index is 5.60. The van der Waals surface area contributed by atoms with Crippen LogP contribution in [0.1, 0.15) is 45.4 Å². The van der Waals surface area contributed by atoms with Crippen molar-refractivity contribution in [3.05, 3.63) is 0 Å². The zero-order valence-corrected chi connectivity index (χ0v) is 8.97. The maximum atomic E-state index is 5.60. The number of rotatable bonds is 6. The van der Waals surface area contributed by atoms with Crippen LogP contribution in [-0.2, 0) is 0 Å². The molecule has 1 aliphatic rings. The van der Waals surface area contributed by atoms with Gasteiger partial charge in [0, 0.05) is 6.04 Å². The highest BCUT2D eigenvalue weighted by atomic mass is 15.2. The Morgan fingerprint density at radius 2 is 2.23 bits per heavy atom. The lowest BCUT2D eigenvalue weighted by atomic mass is 10.1. The smallest absolute Gasteiger partial charge is 0.0108 e. The van der Waals surface area contributed by atoms with Crippen molar-refractivity contribution in [3.63, 3.8) is 0 Å². The third-order valence-corrected chi connectivity index (χ3v) is 3.05. The molecule has 0 bridgehead atoms. The van der Waals surface area contributed by atoms with Crippen molar-refractivity contribution in [2.45, 2.75) is 51.5 Å². The highest BCUT2D eigenvalue weighted by Crippen LogP contribution is 2.19. The minimum atomic E-state index is 0.807. The molecule has 0 amide bonds. The van der Waals surface area contributed by atoms with Gasteiger partial charge in [-0.15, -0.1) is 0 Å². The quantitative estimate of drug-likeness (QED) is 0.640. The normalized spacial score (nSPS) is 24.0. The molecule has 1 rings (SSSR count). The summed E-state index contributed by atoms with van der Waals surface area (Å²) >= 11 is 0. The van der Waals surface area contributed by atoms with E-state index in [1.807, 2.05) is 0 Å². The van der Waals surface area contributed by atoms with Crippen molar-refractivity contribution in [3.8, 4) is 0 Å². The van der Waals surface area contributed by atoms with Crippen LogP contribution in [-0.4, -0.2) is 30.6 Å². The van der Waals surface area contributed by atoms with Crippen molar-refractivity contribution in [1.82, 2.24) is 4.90 Å². The summed E-state index contributed by atoms with van der Waals surface area (Å²) in [7, 11) is 0. The van der Waals surface area contributed by atoms with E-state index < -0.39 is 0 Å². The highest BCUT2D eigenvalue weighted by molar-refractivity contribution is 4.78. The van der Waals surface area contributed by atoms with Crippen molar-refractivity contribution in [2.75, 3.05) is 19.6 Å². The van der Waals surface area contributed by atoms with Gasteiger partial charge in [0.15, 0.2) is 0 Å². The topological polar surface area (TPSA) is 29.3 Å². The molecule has 0 aromatic rings. The summed E-state index contributed by atoms with van der Waals surface area (Å²) in [6.45, 7) is 5.74. The maximum Gasteiger partial charge on any atom is 0.0108 e. The van der Waals surface area contributed by atoms with Crippen LogP contribution in [0.25, 0.3) is 0 Å². The lowest BCUT2D eigenvalue weighted by molar-refractivity contribution is 0.240. The second kappa shape index (κ2) is 6.39. The second-order valence-corrected chi connectivity index (χ2v) is 4.12. The fraction of sp³-hybridized carbons (Fsp3) is 1.00. The largest absolute Gasteiger partial charge is 0.330 e. The molecule has 0 aromatic carbocycles. The monoisotopic (exact) mass is 184 g/mol. The summed E-state index contributed by atoms with van der Waals surface area (Å²) in [5.41, 5.74) is 5.60. The van der Waals surface area contributed by atoms with Crippen LogP contribution in [0.4, 0.5) is 0 Å². The van der Waals surface area contributed by atoms with E-state index in [9.17, 15) is 0 Å². The minimum Gasteiger partial charge on any atom is -0.330 e. The Balaban J connectivity index is 2.15. The molecule has 0 radical (unpaired) electrons. The summed E-state index contributed by atoms with van der Waals surface area (Å²) in [5, 5.41) is 0. The molecule has 1 aliphatic heterocycles. The van der Waals surface area contributed by atoms with Crippen LogP contribution < -0.4 is 5.73 Å². The van der Waals surface area contributed by atoms with Crippen molar-refractivity contribution < 1.29 is 0 Å². The van der Waals surface area contributed by atoms with Gasteiger partial charge in [0.2, 0.25) is 0 Å². The first-order chi connectivity index (χ1) is 6.38. The predicted molar refractivity (Wildman–Crippen MR) is 57.8 cm³/mol. The van der Waals surface area contributed by atoms with Crippen molar-refractivity contribution in [2.24, 2.45) is 5.73 Å². The molecular weight excluding hydrogens is 160 g/mol. The molecule has 2 heteroatoms. The van der Waals surface area contributed by atoms with Gasteiger partial charge in [-0.25, -0.2) is 0 Å².